The maximum Gasteiger partial charge on any atom is 0.233 e. The number of amides is 1. The second kappa shape index (κ2) is 5.70. The van der Waals surface area contributed by atoms with Crippen LogP contribution in [-0.2, 0) is 11.3 Å². The molecule has 0 saturated carbocycles. The molecule has 0 fully saturated rings. The van der Waals surface area contributed by atoms with Gasteiger partial charge in [-0.3, -0.25) is 4.79 Å². The van der Waals surface area contributed by atoms with Crippen molar-refractivity contribution >= 4 is 44.8 Å². The number of hydrogen-bond acceptors (Lipinski definition) is 3. The van der Waals surface area contributed by atoms with Gasteiger partial charge in [-0.1, -0.05) is 11.6 Å². The predicted octanol–water partition coefficient (Wildman–Crippen LogP) is 2.00. The molecule has 2 N–H and O–H groups in total. The number of carbonyl (C=O) groups is 1. The molecule has 0 aliphatic carbocycles. The first-order chi connectivity index (χ1) is 6.63. The minimum atomic E-state index is -0.0216. The lowest BCUT2D eigenvalue weighted by atomic mass is 10.4. The first kappa shape index (κ1) is 12.0. The van der Waals surface area contributed by atoms with Crippen molar-refractivity contribution in [2.24, 2.45) is 0 Å². The van der Waals surface area contributed by atoms with E-state index in [4.69, 9.17) is 11.6 Å². The maximum atomic E-state index is 10.9. The van der Waals surface area contributed by atoms with Crippen LogP contribution >= 0.6 is 38.9 Å². The number of thiophene rings is 1. The first-order valence-corrected chi connectivity index (χ1v) is 5.97. The van der Waals surface area contributed by atoms with E-state index in [1.807, 2.05) is 6.07 Å². The van der Waals surface area contributed by atoms with Gasteiger partial charge in [-0.15, -0.1) is 11.3 Å². The molecule has 0 saturated heterocycles. The van der Waals surface area contributed by atoms with Crippen LogP contribution in [0.15, 0.2) is 10.5 Å². The molecule has 1 aromatic heterocycles. The summed E-state index contributed by atoms with van der Waals surface area (Å²) in [5.74, 6) is -0.0216. The van der Waals surface area contributed by atoms with Crippen molar-refractivity contribution in [3.05, 3.63) is 19.8 Å². The van der Waals surface area contributed by atoms with E-state index >= 15 is 0 Å². The lowest BCUT2D eigenvalue weighted by Crippen LogP contribution is -2.30. The number of hydrogen-bond donors (Lipinski definition) is 2. The van der Waals surface area contributed by atoms with Gasteiger partial charge in [0.2, 0.25) is 5.91 Å². The highest BCUT2D eigenvalue weighted by atomic mass is 79.9. The summed E-state index contributed by atoms with van der Waals surface area (Å²) >= 11 is 10.7. The SMILES string of the molecule is CNC(=O)CNCc1cc(Br)c(Cl)s1. The molecule has 6 heteroatoms. The molecule has 14 heavy (non-hydrogen) atoms. The van der Waals surface area contributed by atoms with Gasteiger partial charge in [0.05, 0.1) is 6.54 Å². The molecule has 78 valence electrons. The normalized spacial score (nSPS) is 10.2. The third-order valence-corrected chi connectivity index (χ3v) is 4.03. The van der Waals surface area contributed by atoms with E-state index in [0.29, 0.717) is 13.1 Å². The van der Waals surface area contributed by atoms with Gasteiger partial charge < -0.3 is 10.6 Å². The van der Waals surface area contributed by atoms with Gasteiger partial charge in [-0.05, 0) is 22.0 Å². The van der Waals surface area contributed by atoms with Crippen molar-refractivity contribution in [1.82, 2.24) is 10.6 Å². The smallest absolute Gasteiger partial charge is 0.233 e. The molecule has 0 bridgehead atoms. The van der Waals surface area contributed by atoms with Crippen LogP contribution in [0.5, 0.6) is 0 Å². The number of rotatable bonds is 4. The summed E-state index contributed by atoms with van der Waals surface area (Å²) in [7, 11) is 1.61. The van der Waals surface area contributed by atoms with E-state index in [2.05, 4.69) is 26.6 Å². The van der Waals surface area contributed by atoms with E-state index in [-0.39, 0.29) is 5.91 Å². The zero-order chi connectivity index (χ0) is 10.6. The molecule has 1 amide bonds. The van der Waals surface area contributed by atoms with Crippen LogP contribution in [0.1, 0.15) is 4.88 Å². The first-order valence-electron chi connectivity index (χ1n) is 3.98. The standard InChI is InChI=1S/C8H10BrClN2OS/c1-11-7(13)4-12-3-5-2-6(9)8(10)14-5/h2,12H,3-4H2,1H3,(H,11,13). The second-order valence-corrected chi connectivity index (χ2v) is 5.20. The van der Waals surface area contributed by atoms with Crippen LogP contribution in [0.2, 0.25) is 4.34 Å². The molecule has 3 nitrogen and oxygen atoms in total. The van der Waals surface area contributed by atoms with E-state index in [9.17, 15) is 4.79 Å². The Morgan fingerprint density at radius 2 is 2.43 bits per heavy atom. The third-order valence-electron chi connectivity index (χ3n) is 1.56. The average Bonchev–Trinajstić information content (AvgIpc) is 2.46. The molecule has 0 aromatic carbocycles. The molecular formula is C8H10BrClN2OS. The molecule has 0 spiro atoms. The van der Waals surface area contributed by atoms with Crippen LogP contribution in [0.3, 0.4) is 0 Å². The topological polar surface area (TPSA) is 41.1 Å². The Morgan fingerprint density at radius 3 is 2.93 bits per heavy atom. The zero-order valence-electron chi connectivity index (χ0n) is 7.56. The third kappa shape index (κ3) is 3.57. The van der Waals surface area contributed by atoms with Gasteiger partial charge in [0.1, 0.15) is 4.34 Å². The summed E-state index contributed by atoms with van der Waals surface area (Å²) in [6.45, 7) is 0.979. The number of nitrogens with one attached hydrogen (secondary N) is 2. The summed E-state index contributed by atoms with van der Waals surface area (Å²) in [5, 5.41) is 5.55. The molecular weight excluding hydrogens is 288 g/mol. The highest BCUT2D eigenvalue weighted by molar-refractivity contribution is 9.10. The molecule has 0 atom stereocenters. The number of carbonyl (C=O) groups excluding carboxylic acids is 1. The molecule has 1 aromatic rings. The van der Waals surface area contributed by atoms with Gasteiger partial charge >= 0.3 is 0 Å². The fourth-order valence-corrected chi connectivity index (χ4v) is 2.63. The van der Waals surface area contributed by atoms with E-state index in [0.717, 1.165) is 13.7 Å². The Morgan fingerprint density at radius 1 is 1.71 bits per heavy atom. The molecule has 0 aliphatic rings. The molecule has 1 heterocycles. The Bertz CT molecular complexity index is 310. The lowest BCUT2D eigenvalue weighted by molar-refractivity contribution is -0.119. The minimum absolute atomic E-state index is 0.0216. The van der Waals surface area contributed by atoms with Crippen molar-refractivity contribution < 1.29 is 4.79 Å². The Kier molecular flexibility index (Phi) is 4.88. The highest BCUT2D eigenvalue weighted by Gasteiger charge is 2.04. The van der Waals surface area contributed by atoms with Crippen LogP contribution in [-0.4, -0.2) is 19.5 Å². The van der Waals surface area contributed by atoms with Crippen LogP contribution < -0.4 is 10.6 Å². The Hall–Kier alpha value is -0.100. The van der Waals surface area contributed by atoms with Crippen molar-refractivity contribution in [3.8, 4) is 0 Å². The Balaban J connectivity index is 2.35. The Labute approximate surface area is 100.0 Å². The van der Waals surface area contributed by atoms with Crippen LogP contribution in [0.25, 0.3) is 0 Å². The van der Waals surface area contributed by atoms with E-state index in [1.165, 1.54) is 11.3 Å². The lowest BCUT2D eigenvalue weighted by Gasteiger charge is -2.00. The van der Waals surface area contributed by atoms with Crippen LogP contribution in [0, 0.1) is 0 Å². The zero-order valence-corrected chi connectivity index (χ0v) is 10.7. The largest absolute Gasteiger partial charge is 0.358 e. The molecule has 0 unspecified atom stereocenters. The monoisotopic (exact) mass is 296 g/mol. The quantitative estimate of drug-likeness (QED) is 0.892. The molecule has 1 rings (SSSR count). The van der Waals surface area contributed by atoms with Crippen molar-refractivity contribution in [2.45, 2.75) is 6.54 Å². The molecule has 0 aliphatic heterocycles. The highest BCUT2D eigenvalue weighted by Crippen LogP contribution is 2.31. The van der Waals surface area contributed by atoms with E-state index in [1.54, 1.807) is 7.05 Å². The van der Waals surface area contributed by atoms with Crippen molar-refractivity contribution in [2.75, 3.05) is 13.6 Å². The van der Waals surface area contributed by atoms with Crippen molar-refractivity contribution in [1.29, 1.82) is 0 Å². The summed E-state index contributed by atoms with van der Waals surface area (Å²) in [6, 6.07) is 1.95. The fourth-order valence-electron chi connectivity index (χ4n) is 0.866. The molecule has 0 radical (unpaired) electrons. The summed E-state index contributed by atoms with van der Waals surface area (Å²) in [6.07, 6.45) is 0. The van der Waals surface area contributed by atoms with Gasteiger partial charge in [0.15, 0.2) is 0 Å². The number of likely N-dealkylation sites (N-methyl/N-ethyl adjacent to an activating group) is 1. The fraction of sp³-hybridized carbons (Fsp3) is 0.375. The van der Waals surface area contributed by atoms with Crippen LogP contribution in [0.4, 0.5) is 0 Å². The summed E-state index contributed by atoms with van der Waals surface area (Å²) < 4.78 is 1.64. The minimum Gasteiger partial charge on any atom is -0.358 e. The summed E-state index contributed by atoms with van der Waals surface area (Å²) in [4.78, 5) is 12.0. The van der Waals surface area contributed by atoms with E-state index < -0.39 is 0 Å². The van der Waals surface area contributed by atoms with Gasteiger partial charge in [-0.25, -0.2) is 0 Å². The van der Waals surface area contributed by atoms with Gasteiger partial charge in [0.25, 0.3) is 0 Å². The number of halogens is 2. The van der Waals surface area contributed by atoms with Crippen molar-refractivity contribution in [3.63, 3.8) is 0 Å². The average molecular weight is 298 g/mol. The summed E-state index contributed by atoms with van der Waals surface area (Å²) in [5.41, 5.74) is 0. The predicted molar refractivity (Wildman–Crippen MR) is 62.8 cm³/mol. The second-order valence-electron chi connectivity index (χ2n) is 2.61. The maximum absolute atomic E-state index is 10.9. The van der Waals surface area contributed by atoms with Gasteiger partial charge in [-0.2, -0.15) is 0 Å². The van der Waals surface area contributed by atoms with Gasteiger partial charge in [0, 0.05) is 22.9 Å².